The first-order valence-corrected chi connectivity index (χ1v) is 8.14. The maximum Gasteiger partial charge on any atom is 0.223 e. The fraction of sp³-hybridized carbons (Fsp3) is 0.688. The molecule has 0 N–H and O–H groups in total. The number of likely N-dealkylation sites (tertiary alicyclic amines) is 1. The van der Waals surface area contributed by atoms with E-state index < -0.39 is 0 Å². The second kappa shape index (κ2) is 6.60. The average molecular weight is 303 g/mol. The van der Waals surface area contributed by atoms with Crippen molar-refractivity contribution >= 4 is 0 Å². The van der Waals surface area contributed by atoms with Crippen LogP contribution >= 0.6 is 0 Å². The average Bonchev–Trinajstić information content (AvgIpc) is 3.08. The lowest BCUT2D eigenvalue weighted by atomic mass is 9.94. The number of piperidine rings is 1. The van der Waals surface area contributed by atoms with Gasteiger partial charge in [-0.1, -0.05) is 5.16 Å². The maximum absolute atomic E-state index is 5.07. The standard InChI is InChI=1S/C16H25N5O/c1-12(2)21-11-17-8-15(21)10-20-6-4-5-14(9-20)7-16-18-13(3)22-19-16/h8,11-12,14H,4-7,9-10H2,1-3H3. The second-order valence-corrected chi connectivity index (χ2v) is 6.56. The fourth-order valence-electron chi connectivity index (χ4n) is 3.29. The van der Waals surface area contributed by atoms with Gasteiger partial charge in [0, 0.05) is 38.7 Å². The highest BCUT2D eigenvalue weighted by Crippen LogP contribution is 2.22. The molecule has 120 valence electrons. The van der Waals surface area contributed by atoms with Crippen molar-refractivity contribution in [1.29, 1.82) is 0 Å². The van der Waals surface area contributed by atoms with Gasteiger partial charge in [-0.3, -0.25) is 4.90 Å². The number of rotatable bonds is 5. The van der Waals surface area contributed by atoms with Crippen LogP contribution in [-0.2, 0) is 13.0 Å². The van der Waals surface area contributed by atoms with Gasteiger partial charge in [0.2, 0.25) is 5.89 Å². The van der Waals surface area contributed by atoms with E-state index in [1.807, 2.05) is 19.4 Å². The summed E-state index contributed by atoms with van der Waals surface area (Å²) in [5.41, 5.74) is 1.30. The number of aromatic nitrogens is 4. The lowest BCUT2D eigenvalue weighted by Crippen LogP contribution is -2.36. The Morgan fingerprint density at radius 1 is 1.41 bits per heavy atom. The maximum atomic E-state index is 5.07. The molecule has 2 aromatic heterocycles. The number of hydrogen-bond acceptors (Lipinski definition) is 5. The van der Waals surface area contributed by atoms with Crippen LogP contribution in [0.1, 0.15) is 50.1 Å². The second-order valence-electron chi connectivity index (χ2n) is 6.56. The van der Waals surface area contributed by atoms with E-state index in [9.17, 15) is 0 Å². The van der Waals surface area contributed by atoms with Crippen LogP contribution < -0.4 is 0 Å². The molecular weight excluding hydrogens is 278 g/mol. The molecule has 0 aromatic carbocycles. The molecule has 1 atom stereocenters. The lowest BCUT2D eigenvalue weighted by Gasteiger charge is -2.32. The minimum Gasteiger partial charge on any atom is -0.340 e. The molecule has 22 heavy (non-hydrogen) atoms. The zero-order chi connectivity index (χ0) is 15.5. The molecule has 3 heterocycles. The van der Waals surface area contributed by atoms with E-state index in [4.69, 9.17) is 4.52 Å². The predicted molar refractivity (Wildman–Crippen MR) is 83.4 cm³/mol. The Morgan fingerprint density at radius 3 is 3.00 bits per heavy atom. The van der Waals surface area contributed by atoms with Crippen molar-refractivity contribution in [1.82, 2.24) is 24.6 Å². The molecule has 3 rings (SSSR count). The normalized spacial score (nSPS) is 19.9. The number of aryl methyl sites for hydroxylation is 1. The Bertz CT molecular complexity index is 603. The highest BCUT2D eigenvalue weighted by atomic mass is 16.5. The molecule has 6 heteroatoms. The van der Waals surface area contributed by atoms with Crippen LogP contribution in [-0.4, -0.2) is 37.7 Å². The SMILES string of the molecule is Cc1nc(CC2CCCN(Cc3cncn3C(C)C)C2)no1. The molecule has 2 aromatic rings. The Hall–Kier alpha value is -1.69. The number of imidazole rings is 1. The fourth-order valence-corrected chi connectivity index (χ4v) is 3.29. The van der Waals surface area contributed by atoms with Gasteiger partial charge < -0.3 is 9.09 Å². The highest BCUT2D eigenvalue weighted by molar-refractivity contribution is 5.00. The quantitative estimate of drug-likeness (QED) is 0.849. The third kappa shape index (κ3) is 3.55. The smallest absolute Gasteiger partial charge is 0.223 e. The van der Waals surface area contributed by atoms with Gasteiger partial charge in [0.1, 0.15) is 0 Å². The first-order valence-electron chi connectivity index (χ1n) is 8.14. The molecule has 1 fully saturated rings. The van der Waals surface area contributed by atoms with Crippen LogP contribution in [0.25, 0.3) is 0 Å². The molecular formula is C16H25N5O. The first-order chi connectivity index (χ1) is 10.6. The number of hydrogen-bond donors (Lipinski definition) is 0. The Balaban J connectivity index is 1.59. The predicted octanol–water partition coefficient (Wildman–Crippen LogP) is 2.61. The summed E-state index contributed by atoms with van der Waals surface area (Å²) in [6.07, 6.45) is 7.32. The summed E-state index contributed by atoms with van der Waals surface area (Å²) in [6, 6.07) is 0.459. The van der Waals surface area contributed by atoms with Crippen molar-refractivity contribution in [2.24, 2.45) is 5.92 Å². The molecule has 1 aliphatic heterocycles. The third-order valence-electron chi connectivity index (χ3n) is 4.33. The zero-order valence-corrected chi connectivity index (χ0v) is 13.7. The van der Waals surface area contributed by atoms with Crippen molar-refractivity contribution < 1.29 is 4.52 Å². The van der Waals surface area contributed by atoms with Crippen molar-refractivity contribution in [2.75, 3.05) is 13.1 Å². The lowest BCUT2D eigenvalue weighted by molar-refractivity contribution is 0.161. The monoisotopic (exact) mass is 303 g/mol. The van der Waals surface area contributed by atoms with Crippen molar-refractivity contribution in [3.63, 3.8) is 0 Å². The minimum atomic E-state index is 0.459. The summed E-state index contributed by atoms with van der Waals surface area (Å²) in [7, 11) is 0. The molecule has 0 radical (unpaired) electrons. The molecule has 1 saturated heterocycles. The van der Waals surface area contributed by atoms with Gasteiger partial charge in [-0.05, 0) is 39.2 Å². The van der Waals surface area contributed by atoms with E-state index in [0.29, 0.717) is 17.9 Å². The van der Waals surface area contributed by atoms with Crippen LogP contribution in [0.3, 0.4) is 0 Å². The molecule has 1 aliphatic rings. The van der Waals surface area contributed by atoms with E-state index in [1.165, 1.54) is 18.5 Å². The molecule has 0 saturated carbocycles. The van der Waals surface area contributed by atoms with Gasteiger partial charge in [-0.25, -0.2) is 4.98 Å². The summed E-state index contributed by atoms with van der Waals surface area (Å²) in [5, 5.41) is 4.03. The molecule has 1 unspecified atom stereocenters. The van der Waals surface area contributed by atoms with E-state index in [-0.39, 0.29) is 0 Å². The highest BCUT2D eigenvalue weighted by Gasteiger charge is 2.23. The Kier molecular flexibility index (Phi) is 4.57. The van der Waals surface area contributed by atoms with Gasteiger partial charge in [0.25, 0.3) is 0 Å². The zero-order valence-electron chi connectivity index (χ0n) is 13.7. The number of nitrogens with zero attached hydrogens (tertiary/aromatic N) is 5. The van der Waals surface area contributed by atoms with Crippen LogP contribution in [0.5, 0.6) is 0 Å². The molecule has 0 amide bonds. The summed E-state index contributed by atoms with van der Waals surface area (Å²) >= 11 is 0. The van der Waals surface area contributed by atoms with Crippen molar-refractivity contribution in [2.45, 2.75) is 52.6 Å². The topological polar surface area (TPSA) is 60.0 Å². The van der Waals surface area contributed by atoms with Gasteiger partial charge in [-0.2, -0.15) is 4.98 Å². The molecule has 6 nitrogen and oxygen atoms in total. The van der Waals surface area contributed by atoms with Gasteiger partial charge in [0.15, 0.2) is 5.82 Å². The first kappa shape index (κ1) is 15.2. The summed E-state index contributed by atoms with van der Waals surface area (Å²) < 4.78 is 7.33. The molecule has 0 spiro atoms. The van der Waals surface area contributed by atoms with Crippen molar-refractivity contribution in [3.8, 4) is 0 Å². The van der Waals surface area contributed by atoms with Gasteiger partial charge in [0.05, 0.1) is 12.0 Å². The Morgan fingerprint density at radius 2 is 2.27 bits per heavy atom. The van der Waals surface area contributed by atoms with E-state index >= 15 is 0 Å². The van der Waals surface area contributed by atoms with Crippen LogP contribution in [0.2, 0.25) is 0 Å². The van der Waals surface area contributed by atoms with E-state index in [2.05, 4.69) is 38.4 Å². The Labute approximate surface area is 131 Å². The van der Waals surface area contributed by atoms with E-state index in [1.54, 1.807) is 0 Å². The molecule has 0 aliphatic carbocycles. The van der Waals surface area contributed by atoms with Gasteiger partial charge in [-0.15, -0.1) is 0 Å². The molecule has 0 bridgehead atoms. The van der Waals surface area contributed by atoms with E-state index in [0.717, 1.165) is 31.9 Å². The van der Waals surface area contributed by atoms with Crippen LogP contribution in [0, 0.1) is 12.8 Å². The largest absolute Gasteiger partial charge is 0.340 e. The van der Waals surface area contributed by atoms with Crippen LogP contribution in [0.15, 0.2) is 17.0 Å². The van der Waals surface area contributed by atoms with Gasteiger partial charge >= 0.3 is 0 Å². The third-order valence-corrected chi connectivity index (χ3v) is 4.33. The van der Waals surface area contributed by atoms with Crippen molar-refractivity contribution in [3.05, 3.63) is 29.9 Å². The van der Waals surface area contributed by atoms with Crippen LogP contribution in [0.4, 0.5) is 0 Å². The summed E-state index contributed by atoms with van der Waals surface area (Å²) in [6.45, 7) is 9.46. The summed E-state index contributed by atoms with van der Waals surface area (Å²) in [4.78, 5) is 11.2. The minimum absolute atomic E-state index is 0.459. The summed E-state index contributed by atoms with van der Waals surface area (Å²) in [5.74, 6) is 2.11.